The fourth-order valence-corrected chi connectivity index (χ4v) is 3.97. The highest BCUT2D eigenvalue weighted by molar-refractivity contribution is 7.20. The molecule has 4 aromatic rings. The Hall–Kier alpha value is -2.37. The van der Waals surface area contributed by atoms with Gasteiger partial charge in [0.2, 0.25) is 0 Å². The molecule has 0 unspecified atom stereocenters. The molecule has 3 aromatic carbocycles. The lowest BCUT2D eigenvalue weighted by Gasteiger charge is -2.07. The van der Waals surface area contributed by atoms with Crippen molar-refractivity contribution < 1.29 is 0 Å². The maximum absolute atomic E-state index is 9.14. The van der Waals surface area contributed by atoms with Gasteiger partial charge in [-0.2, -0.15) is 5.26 Å². The molecule has 1 nitrogen and oxygen atoms in total. The number of nitrogens with zero attached hydrogens (tertiary/aromatic N) is 1. The number of rotatable bonds is 0. The second-order valence-corrected chi connectivity index (χ2v) is 6.27. The Morgan fingerprint density at radius 2 is 1.60 bits per heavy atom. The minimum absolute atomic E-state index is 0.718. The van der Waals surface area contributed by atoms with Gasteiger partial charge in [0.15, 0.2) is 0 Å². The lowest BCUT2D eigenvalue weighted by Crippen LogP contribution is -1.81. The zero-order chi connectivity index (χ0) is 13.7. The van der Waals surface area contributed by atoms with E-state index in [-0.39, 0.29) is 0 Å². The summed E-state index contributed by atoms with van der Waals surface area (Å²) in [6.07, 6.45) is 0. The topological polar surface area (TPSA) is 23.8 Å². The Morgan fingerprint density at radius 3 is 2.35 bits per heavy atom. The quantitative estimate of drug-likeness (QED) is 0.394. The number of thiophene rings is 1. The second kappa shape index (κ2) is 4.06. The van der Waals surface area contributed by atoms with Crippen molar-refractivity contribution in [2.75, 3.05) is 0 Å². The zero-order valence-electron chi connectivity index (χ0n) is 11.0. The minimum Gasteiger partial charge on any atom is -0.192 e. The van der Waals surface area contributed by atoms with Gasteiger partial charge in [-0.15, -0.1) is 11.3 Å². The fourth-order valence-electron chi connectivity index (χ4n) is 2.90. The first-order valence-electron chi connectivity index (χ1n) is 6.52. The number of fused-ring (bicyclic) bond motifs is 6. The summed E-state index contributed by atoms with van der Waals surface area (Å²) in [6.45, 7) is 2.15. The Morgan fingerprint density at radius 1 is 0.850 bits per heavy atom. The van der Waals surface area contributed by atoms with Crippen LogP contribution >= 0.6 is 11.3 Å². The molecule has 4 rings (SSSR count). The molecule has 0 fully saturated rings. The van der Waals surface area contributed by atoms with Crippen LogP contribution in [0.1, 0.15) is 10.4 Å². The van der Waals surface area contributed by atoms with Gasteiger partial charge in [-0.1, -0.05) is 30.3 Å². The van der Waals surface area contributed by atoms with Gasteiger partial charge in [0, 0.05) is 20.3 Å². The van der Waals surface area contributed by atoms with E-state index in [1.165, 1.54) is 36.5 Å². The van der Waals surface area contributed by atoms with Crippen LogP contribution in [-0.2, 0) is 0 Å². The molecule has 0 radical (unpaired) electrons. The molecule has 1 aromatic heterocycles. The Balaban J connectivity index is 2.38. The van der Waals surface area contributed by atoms with Crippen LogP contribution in [0, 0.1) is 18.3 Å². The second-order valence-electron chi connectivity index (χ2n) is 5.02. The summed E-state index contributed by atoms with van der Waals surface area (Å²) < 4.78 is 1.32. The van der Waals surface area contributed by atoms with Gasteiger partial charge < -0.3 is 0 Å². The first-order valence-corrected chi connectivity index (χ1v) is 7.34. The van der Waals surface area contributed by atoms with Gasteiger partial charge >= 0.3 is 0 Å². The van der Waals surface area contributed by atoms with E-state index < -0.39 is 0 Å². The fraction of sp³-hybridized carbons (Fsp3) is 0.0556. The minimum atomic E-state index is 0.718. The van der Waals surface area contributed by atoms with Crippen molar-refractivity contribution in [2.45, 2.75) is 6.92 Å². The smallest absolute Gasteiger partial charge is 0.0991 e. The van der Waals surface area contributed by atoms with Gasteiger partial charge in [0.05, 0.1) is 11.6 Å². The van der Waals surface area contributed by atoms with Crippen LogP contribution in [-0.4, -0.2) is 0 Å². The third-order valence-corrected chi connectivity index (χ3v) is 4.84. The molecule has 0 atom stereocenters. The first-order chi connectivity index (χ1) is 9.78. The molecule has 0 aliphatic carbocycles. The zero-order valence-corrected chi connectivity index (χ0v) is 11.8. The highest BCUT2D eigenvalue weighted by Crippen LogP contribution is 2.39. The Labute approximate surface area is 120 Å². The van der Waals surface area contributed by atoms with Crippen molar-refractivity contribution >= 4 is 43.0 Å². The maximum Gasteiger partial charge on any atom is 0.0991 e. The third-order valence-electron chi connectivity index (χ3n) is 3.76. The van der Waals surface area contributed by atoms with Crippen molar-refractivity contribution in [3.8, 4) is 6.07 Å². The van der Waals surface area contributed by atoms with Gasteiger partial charge in [0.25, 0.3) is 0 Å². The van der Waals surface area contributed by atoms with Crippen molar-refractivity contribution in [1.82, 2.24) is 0 Å². The van der Waals surface area contributed by atoms with Crippen LogP contribution in [0.5, 0.6) is 0 Å². The van der Waals surface area contributed by atoms with Gasteiger partial charge in [-0.3, -0.25) is 0 Å². The molecular formula is C18H11NS. The Bertz CT molecular complexity index is 1020. The monoisotopic (exact) mass is 273 g/mol. The lowest BCUT2D eigenvalue weighted by molar-refractivity contribution is 1.50. The molecule has 1 heterocycles. The molecule has 0 bridgehead atoms. The summed E-state index contributed by atoms with van der Waals surface area (Å²) in [4.78, 5) is 1.32. The van der Waals surface area contributed by atoms with Crippen LogP contribution in [0.25, 0.3) is 31.6 Å². The van der Waals surface area contributed by atoms with Crippen molar-refractivity contribution in [1.29, 1.82) is 5.26 Å². The largest absolute Gasteiger partial charge is 0.192 e. The van der Waals surface area contributed by atoms with Crippen LogP contribution in [0.4, 0.5) is 0 Å². The van der Waals surface area contributed by atoms with E-state index >= 15 is 0 Å². The molecule has 0 saturated carbocycles. The van der Waals surface area contributed by atoms with E-state index in [2.05, 4.69) is 49.4 Å². The standard InChI is InChI=1S/C18H11NS/c1-11-8-17-14-5-3-2-4-13(14)16-9-12(10-19)6-7-15(16)18(17)20-11/h2-9H,1H3. The molecular weight excluding hydrogens is 262 g/mol. The average molecular weight is 273 g/mol. The molecule has 0 amide bonds. The van der Waals surface area contributed by atoms with E-state index in [4.69, 9.17) is 5.26 Å². The van der Waals surface area contributed by atoms with Gasteiger partial charge in [-0.05, 0) is 41.3 Å². The van der Waals surface area contributed by atoms with Crippen LogP contribution in [0.2, 0.25) is 0 Å². The summed E-state index contributed by atoms with van der Waals surface area (Å²) in [5, 5.41) is 15.4. The lowest BCUT2D eigenvalue weighted by atomic mass is 9.97. The van der Waals surface area contributed by atoms with Crippen molar-refractivity contribution in [2.24, 2.45) is 0 Å². The van der Waals surface area contributed by atoms with Crippen molar-refractivity contribution in [3.63, 3.8) is 0 Å². The summed E-state index contributed by atoms with van der Waals surface area (Å²) in [5.41, 5.74) is 0.718. The van der Waals surface area contributed by atoms with Crippen LogP contribution < -0.4 is 0 Å². The van der Waals surface area contributed by atoms with Crippen LogP contribution in [0.15, 0.2) is 48.5 Å². The summed E-state index contributed by atoms with van der Waals surface area (Å²) in [5.74, 6) is 0. The van der Waals surface area contributed by atoms with Gasteiger partial charge in [0.1, 0.15) is 0 Å². The molecule has 20 heavy (non-hydrogen) atoms. The van der Waals surface area contributed by atoms with E-state index in [9.17, 15) is 0 Å². The van der Waals surface area contributed by atoms with Crippen molar-refractivity contribution in [3.05, 3.63) is 59.0 Å². The number of benzene rings is 3. The third kappa shape index (κ3) is 1.47. The molecule has 0 spiro atoms. The highest BCUT2D eigenvalue weighted by atomic mass is 32.1. The summed E-state index contributed by atoms with van der Waals surface area (Å²) in [7, 11) is 0. The predicted octanol–water partition coefficient (Wildman–Crippen LogP) is 5.39. The first kappa shape index (κ1) is 11.5. The molecule has 94 valence electrons. The average Bonchev–Trinajstić information content (AvgIpc) is 2.89. The van der Waals surface area contributed by atoms with Crippen LogP contribution in [0.3, 0.4) is 0 Å². The maximum atomic E-state index is 9.14. The number of hydrogen-bond donors (Lipinski definition) is 0. The number of nitriles is 1. The Kier molecular flexibility index (Phi) is 2.33. The molecule has 2 heteroatoms. The van der Waals surface area contributed by atoms with E-state index in [1.54, 1.807) is 0 Å². The molecule has 0 N–H and O–H groups in total. The summed E-state index contributed by atoms with van der Waals surface area (Å²) in [6, 6.07) is 19.0. The SMILES string of the molecule is Cc1cc2c3ccccc3c3cc(C#N)ccc3c2s1. The predicted molar refractivity (Wildman–Crippen MR) is 86.3 cm³/mol. The molecule has 0 aliphatic rings. The van der Waals surface area contributed by atoms with E-state index in [1.807, 2.05) is 23.5 Å². The molecule has 0 aliphatic heterocycles. The molecule has 0 saturated heterocycles. The highest BCUT2D eigenvalue weighted by Gasteiger charge is 2.10. The van der Waals surface area contributed by atoms with Gasteiger partial charge in [-0.25, -0.2) is 0 Å². The number of aryl methyl sites for hydroxylation is 1. The normalized spacial score (nSPS) is 11.2. The number of hydrogen-bond acceptors (Lipinski definition) is 2. The van der Waals surface area contributed by atoms with E-state index in [0.29, 0.717) is 0 Å². The summed E-state index contributed by atoms with van der Waals surface area (Å²) >= 11 is 1.83. The van der Waals surface area contributed by atoms with E-state index in [0.717, 1.165) is 5.56 Å².